The molecular formula is C19H29N3O3. The molecule has 0 aromatic heterocycles. The summed E-state index contributed by atoms with van der Waals surface area (Å²) in [4.78, 5) is 15.4. The van der Waals surface area contributed by atoms with E-state index in [-0.39, 0.29) is 12.1 Å². The van der Waals surface area contributed by atoms with Crippen molar-refractivity contribution in [1.29, 1.82) is 0 Å². The molecule has 0 aliphatic carbocycles. The van der Waals surface area contributed by atoms with E-state index in [2.05, 4.69) is 51.6 Å². The van der Waals surface area contributed by atoms with Crippen LogP contribution in [-0.4, -0.2) is 45.8 Å². The molecule has 1 aliphatic heterocycles. The molecule has 1 aliphatic rings. The van der Waals surface area contributed by atoms with Gasteiger partial charge in [0.1, 0.15) is 0 Å². The predicted octanol–water partition coefficient (Wildman–Crippen LogP) is 2.19. The number of aryl methyl sites for hydroxylation is 1. The Morgan fingerprint density at radius 1 is 1.32 bits per heavy atom. The van der Waals surface area contributed by atoms with E-state index in [0.29, 0.717) is 24.8 Å². The van der Waals surface area contributed by atoms with Crippen molar-refractivity contribution in [3.05, 3.63) is 35.4 Å². The third-order valence-corrected chi connectivity index (χ3v) is 4.46. The van der Waals surface area contributed by atoms with Crippen molar-refractivity contribution in [3.63, 3.8) is 0 Å². The van der Waals surface area contributed by atoms with E-state index in [1.807, 2.05) is 0 Å². The van der Waals surface area contributed by atoms with Gasteiger partial charge in [0, 0.05) is 32.7 Å². The van der Waals surface area contributed by atoms with Gasteiger partial charge in [-0.05, 0) is 25.3 Å². The monoisotopic (exact) mass is 347 g/mol. The van der Waals surface area contributed by atoms with Crippen LogP contribution in [0.15, 0.2) is 29.3 Å². The number of guanidine groups is 1. The zero-order valence-electron chi connectivity index (χ0n) is 15.4. The van der Waals surface area contributed by atoms with Crippen LogP contribution in [0.4, 0.5) is 0 Å². The molecule has 2 atom stereocenters. The first kappa shape index (κ1) is 19.2. The molecule has 0 amide bonds. The standard InChI is InChI=1S/C19H29N3O3/c1-14-6-8-15(9-7-14)18-16(5-4-12-25-18)13-22-19(20-2)21-11-10-17(23)24-3/h6-9,16,18H,4-5,10-13H2,1-3H3,(H2,20,21,22). The highest BCUT2D eigenvalue weighted by Gasteiger charge is 2.27. The maximum absolute atomic E-state index is 11.2. The molecule has 1 aromatic rings. The molecular weight excluding hydrogens is 318 g/mol. The molecule has 1 heterocycles. The lowest BCUT2D eigenvalue weighted by atomic mass is 9.89. The van der Waals surface area contributed by atoms with E-state index in [9.17, 15) is 4.79 Å². The van der Waals surface area contributed by atoms with Crippen molar-refractivity contribution in [2.24, 2.45) is 10.9 Å². The second kappa shape index (κ2) is 10.0. The van der Waals surface area contributed by atoms with Crippen LogP contribution in [0.5, 0.6) is 0 Å². The number of rotatable bonds is 6. The van der Waals surface area contributed by atoms with E-state index < -0.39 is 0 Å². The highest BCUT2D eigenvalue weighted by Crippen LogP contribution is 2.33. The Morgan fingerprint density at radius 2 is 2.08 bits per heavy atom. The van der Waals surface area contributed by atoms with Crippen LogP contribution in [0.25, 0.3) is 0 Å². The van der Waals surface area contributed by atoms with E-state index in [1.54, 1.807) is 7.05 Å². The minimum absolute atomic E-state index is 0.107. The van der Waals surface area contributed by atoms with Crippen molar-refractivity contribution >= 4 is 11.9 Å². The largest absolute Gasteiger partial charge is 0.469 e. The number of benzene rings is 1. The lowest BCUT2D eigenvalue weighted by molar-refractivity contribution is -0.140. The molecule has 1 saturated heterocycles. The molecule has 1 fully saturated rings. The van der Waals surface area contributed by atoms with Gasteiger partial charge in [0.15, 0.2) is 5.96 Å². The first-order valence-corrected chi connectivity index (χ1v) is 8.83. The second-order valence-electron chi connectivity index (χ2n) is 6.31. The number of hydrogen-bond donors (Lipinski definition) is 2. The van der Waals surface area contributed by atoms with Crippen LogP contribution in [0.3, 0.4) is 0 Å². The molecule has 0 bridgehead atoms. The molecule has 138 valence electrons. The van der Waals surface area contributed by atoms with Gasteiger partial charge in [0.25, 0.3) is 0 Å². The SMILES string of the molecule is CN=C(NCCC(=O)OC)NCC1CCCOC1c1ccc(C)cc1. The van der Waals surface area contributed by atoms with Crippen LogP contribution in [0.1, 0.15) is 36.5 Å². The van der Waals surface area contributed by atoms with Crippen molar-refractivity contribution < 1.29 is 14.3 Å². The van der Waals surface area contributed by atoms with Crippen molar-refractivity contribution in [2.75, 3.05) is 33.9 Å². The molecule has 25 heavy (non-hydrogen) atoms. The lowest BCUT2D eigenvalue weighted by Gasteiger charge is -2.32. The number of carbonyl (C=O) groups is 1. The maximum atomic E-state index is 11.2. The van der Waals surface area contributed by atoms with Crippen molar-refractivity contribution in [3.8, 4) is 0 Å². The Labute approximate surface area is 150 Å². The Balaban J connectivity index is 1.87. The zero-order chi connectivity index (χ0) is 18.1. The third kappa shape index (κ3) is 6.05. The first-order chi connectivity index (χ1) is 12.1. The summed E-state index contributed by atoms with van der Waals surface area (Å²) < 4.78 is 10.7. The molecule has 2 rings (SSSR count). The summed E-state index contributed by atoms with van der Waals surface area (Å²) in [5, 5.41) is 6.48. The summed E-state index contributed by atoms with van der Waals surface area (Å²) in [6.45, 7) is 4.17. The highest BCUT2D eigenvalue weighted by atomic mass is 16.5. The molecule has 0 spiro atoms. The number of nitrogens with zero attached hydrogens (tertiary/aromatic N) is 1. The fraction of sp³-hybridized carbons (Fsp3) is 0.579. The molecule has 0 radical (unpaired) electrons. The quantitative estimate of drug-likeness (QED) is 0.469. The Bertz CT molecular complexity index is 572. The predicted molar refractivity (Wildman–Crippen MR) is 98.6 cm³/mol. The zero-order valence-corrected chi connectivity index (χ0v) is 15.4. The minimum atomic E-state index is -0.233. The summed E-state index contributed by atoms with van der Waals surface area (Å²) in [6, 6.07) is 8.57. The molecule has 2 N–H and O–H groups in total. The van der Waals surface area contributed by atoms with E-state index in [4.69, 9.17) is 4.74 Å². The van der Waals surface area contributed by atoms with E-state index in [1.165, 1.54) is 18.2 Å². The van der Waals surface area contributed by atoms with E-state index in [0.717, 1.165) is 26.0 Å². The Morgan fingerprint density at radius 3 is 2.76 bits per heavy atom. The summed E-state index contributed by atoms with van der Waals surface area (Å²) in [7, 11) is 3.12. The number of esters is 1. The van der Waals surface area contributed by atoms with Gasteiger partial charge in [-0.15, -0.1) is 0 Å². The van der Waals surface area contributed by atoms with Crippen molar-refractivity contribution in [1.82, 2.24) is 10.6 Å². The van der Waals surface area contributed by atoms with Gasteiger partial charge in [0.05, 0.1) is 19.6 Å². The number of carbonyl (C=O) groups excluding carboxylic acids is 1. The number of aliphatic imine (C=N–C) groups is 1. The van der Waals surface area contributed by atoms with Gasteiger partial charge in [-0.3, -0.25) is 9.79 Å². The molecule has 6 nitrogen and oxygen atoms in total. The van der Waals surface area contributed by atoms with Crippen molar-refractivity contribution in [2.45, 2.75) is 32.3 Å². The minimum Gasteiger partial charge on any atom is -0.469 e. The van der Waals surface area contributed by atoms with Crippen LogP contribution in [0.2, 0.25) is 0 Å². The highest BCUT2D eigenvalue weighted by molar-refractivity contribution is 5.80. The number of nitrogens with one attached hydrogen (secondary N) is 2. The first-order valence-electron chi connectivity index (χ1n) is 8.83. The summed E-state index contributed by atoms with van der Waals surface area (Å²) in [5.41, 5.74) is 2.48. The van der Waals surface area contributed by atoms with Gasteiger partial charge < -0.3 is 20.1 Å². The van der Waals surface area contributed by atoms with Crippen LogP contribution in [0, 0.1) is 12.8 Å². The molecule has 1 aromatic carbocycles. The summed E-state index contributed by atoms with van der Waals surface area (Å²) in [6.07, 6.45) is 2.61. The maximum Gasteiger partial charge on any atom is 0.307 e. The summed E-state index contributed by atoms with van der Waals surface area (Å²) >= 11 is 0. The van der Waals surface area contributed by atoms with Gasteiger partial charge in [-0.1, -0.05) is 29.8 Å². The normalized spacial score (nSPS) is 20.8. The third-order valence-electron chi connectivity index (χ3n) is 4.46. The average molecular weight is 347 g/mol. The van der Waals surface area contributed by atoms with E-state index >= 15 is 0 Å². The molecule has 2 unspecified atom stereocenters. The van der Waals surface area contributed by atoms with Crippen LogP contribution in [-0.2, 0) is 14.3 Å². The fourth-order valence-corrected chi connectivity index (χ4v) is 3.01. The fourth-order valence-electron chi connectivity index (χ4n) is 3.01. The lowest BCUT2D eigenvalue weighted by Crippen LogP contribution is -2.42. The van der Waals surface area contributed by atoms with Gasteiger partial charge in [-0.25, -0.2) is 0 Å². The smallest absolute Gasteiger partial charge is 0.307 e. The molecule has 6 heteroatoms. The topological polar surface area (TPSA) is 72.0 Å². The number of hydrogen-bond acceptors (Lipinski definition) is 4. The second-order valence-corrected chi connectivity index (χ2v) is 6.31. The Hall–Kier alpha value is -2.08. The van der Waals surface area contributed by atoms with Crippen LogP contribution < -0.4 is 10.6 Å². The summed E-state index contributed by atoms with van der Waals surface area (Å²) in [5.74, 6) is 0.843. The van der Waals surface area contributed by atoms with Gasteiger partial charge in [0.2, 0.25) is 0 Å². The van der Waals surface area contributed by atoms with Gasteiger partial charge in [-0.2, -0.15) is 0 Å². The average Bonchev–Trinajstić information content (AvgIpc) is 2.65. The van der Waals surface area contributed by atoms with Gasteiger partial charge >= 0.3 is 5.97 Å². The van der Waals surface area contributed by atoms with Crippen LogP contribution >= 0.6 is 0 Å². The number of methoxy groups -OCH3 is 1. The Kier molecular flexibility index (Phi) is 7.73. The number of ether oxygens (including phenoxy) is 2. The molecule has 0 saturated carbocycles.